The van der Waals surface area contributed by atoms with Crippen LogP contribution in [0, 0.1) is 0 Å². The van der Waals surface area contributed by atoms with Crippen molar-refractivity contribution in [3.8, 4) is 0 Å². The van der Waals surface area contributed by atoms with E-state index in [0.717, 1.165) is 11.3 Å². The molecule has 1 unspecified atom stereocenters. The van der Waals surface area contributed by atoms with Gasteiger partial charge in [-0.05, 0) is 29.8 Å². The van der Waals surface area contributed by atoms with Crippen LogP contribution in [-0.2, 0) is 11.2 Å². The molecule has 0 fully saturated rings. The summed E-state index contributed by atoms with van der Waals surface area (Å²) >= 11 is 5.80. The Morgan fingerprint density at radius 3 is 2.32 bits per heavy atom. The number of hydrogen-bond donors (Lipinski definition) is 2. The van der Waals surface area contributed by atoms with Gasteiger partial charge in [0.2, 0.25) is 0 Å². The van der Waals surface area contributed by atoms with Crippen molar-refractivity contribution in [2.45, 2.75) is 12.5 Å². The second kappa shape index (κ2) is 6.25. The Morgan fingerprint density at radius 1 is 1.11 bits per heavy atom. The maximum atomic E-state index is 11.3. The maximum Gasteiger partial charge on any atom is 0.326 e. The first-order valence-corrected chi connectivity index (χ1v) is 6.32. The number of hydrogen-bond acceptors (Lipinski definition) is 2. The zero-order valence-corrected chi connectivity index (χ0v) is 11.0. The van der Waals surface area contributed by atoms with Gasteiger partial charge in [-0.15, -0.1) is 0 Å². The number of nitrogens with one attached hydrogen (secondary N) is 1. The van der Waals surface area contributed by atoms with E-state index in [1.54, 1.807) is 24.3 Å². The first-order chi connectivity index (χ1) is 9.15. The Balaban J connectivity index is 2.08. The van der Waals surface area contributed by atoms with Crippen molar-refractivity contribution in [2.24, 2.45) is 0 Å². The van der Waals surface area contributed by atoms with E-state index in [4.69, 9.17) is 11.6 Å². The highest BCUT2D eigenvalue weighted by atomic mass is 35.5. The molecule has 3 nitrogen and oxygen atoms in total. The van der Waals surface area contributed by atoms with Gasteiger partial charge < -0.3 is 10.4 Å². The molecule has 0 bridgehead atoms. The first-order valence-electron chi connectivity index (χ1n) is 5.94. The smallest absolute Gasteiger partial charge is 0.326 e. The van der Waals surface area contributed by atoms with Crippen molar-refractivity contribution < 1.29 is 9.90 Å². The molecule has 0 heterocycles. The molecule has 0 spiro atoms. The standard InChI is InChI=1S/C15H14ClNO2/c16-12-6-8-13(9-7-12)17-14(15(18)19)10-11-4-2-1-3-5-11/h1-9,14,17H,10H2,(H,18,19). The molecule has 0 aromatic heterocycles. The number of halogens is 1. The highest BCUT2D eigenvalue weighted by molar-refractivity contribution is 6.30. The molecule has 98 valence electrons. The number of carbonyl (C=O) groups is 1. The molecular weight excluding hydrogens is 262 g/mol. The predicted molar refractivity (Wildman–Crippen MR) is 76.6 cm³/mol. The van der Waals surface area contributed by atoms with E-state index >= 15 is 0 Å². The average molecular weight is 276 g/mol. The zero-order valence-electron chi connectivity index (χ0n) is 10.2. The van der Waals surface area contributed by atoms with Crippen LogP contribution in [-0.4, -0.2) is 17.1 Å². The lowest BCUT2D eigenvalue weighted by Gasteiger charge is -2.16. The van der Waals surface area contributed by atoms with E-state index < -0.39 is 12.0 Å². The highest BCUT2D eigenvalue weighted by Crippen LogP contribution is 2.15. The lowest BCUT2D eigenvalue weighted by Crippen LogP contribution is -2.31. The van der Waals surface area contributed by atoms with E-state index in [1.807, 2.05) is 30.3 Å². The predicted octanol–water partition coefficient (Wildman–Crippen LogP) is 3.45. The first kappa shape index (κ1) is 13.4. The normalized spacial score (nSPS) is 11.8. The highest BCUT2D eigenvalue weighted by Gasteiger charge is 2.17. The summed E-state index contributed by atoms with van der Waals surface area (Å²) in [5.74, 6) is -0.876. The molecule has 1 atom stereocenters. The molecule has 19 heavy (non-hydrogen) atoms. The molecular formula is C15H14ClNO2. The molecule has 2 rings (SSSR count). The van der Waals surface area contributed by atoms with E-state index in [-0.39, 0.29) is 0 Å². The van der Waals surface area contributed by atoms with Gasteiger partial charge in [0.15, 0.2) is 0 Å². The minimum absolute atomic E-state index is 0.429. The van der Waals surface area contributed by atoms with Gasteiger partial charge in [0.25, 0.3) is 0 Å². The van der Waals surface area contributed by atoms with Crippen molar-refractivity contribution in [1.29, 1.82) is 0 Å². The maximum absolute atomic E-state index is 11.3. The second-order valence-electron chi connectivity index (χ2n) is 4.23. The third kappa shape index (κ3) is 4.00. The van der Waals surface area contributed by atoms with Crippen LogP contribution in [0.5, 0.6) is 0 Å². The summed E-state index contributed by atoms with van der Waals surface area (Å²) in [7, 11) is 0. The fourth-order valence-electron chi connectivity index (χ4n) is 1.80. The summed E-state index contributed by atoms with van der Waals surface area (Å²) < 4.78 is 0. The van der Waals surface area contributed by atoms with Crippen LogP contribution in [0.1, 0.15) is 5.56 Å². The summed E-state index contributed by atoms with van der Waals surface area (Å²) in [4.78, 5) is 11.3. The van der Waals surface area contributed by atoms with Gasteiger partial charge in [-0.2, -0.15) is 0 Å². The lowest BCUT2D eigenvalue weighted by molar-refractivity contribution is -0.137. The molecule has 2 aromatic carbocycles. The number of aliphatic carboxylic acids is 1. The van der Waals surface area contributed by atoms with Crippen molar-refractivity contribution in [3.63, 3.8) is 0 Å². The molecule has 0 aliphatic carbocycles. The van der Waals surface area contributed by atoms with Crippen LogP contribution in [0.25, 0.3) is 0 Å². The summed E-state index contributed by atoms with van der Waals surface area (Å²) in [5, 5.41) is 12.9. The monoisotopic (exact) mass is 275 g/mol. The number of anilines is 1. The van der Waals surface area contributed by atoms with E-state index in [9.17, 15) is 9.90 Å². The van der Waals surface area contributed by atoms with Gasteiger partial charge in [0.05, 0.1) is 0 Å². The Morgan fingerprint density at radius 2 is 1.74 bits per heavy atom. The van der Waals surface area contributed by atoms with Crippen LogP contribution in [0.3, 0.4) is 0 Å². The van der Waals surface area contributed by atoms with Crippen molar-refractivity contribution >= 4 is 23.3 Å². The van der Waals surface area contributed by atoms with Crippen LogP contribution < -0.4 is 5.32 Å². The van der Waals surface area contributed by atoms with Gasteiger partial charge >= 0.3 is 5.97 Å². The lowest BCUT2D eigenvalue weighted by atomic mass is 10.1. The molecule has 2 N–H and O–H groups in total. The van der Waals surface area contributed by atoms with E-state index in [0.29, 0.717) is 11.4 Å². The number of carboxylic acid groups (broad SMARTS) is 1. The van der Waals surface area contributed by atoms with Crippen molar-refractivity contribution in [2.75, 3.05) is 5.32 Å². The zero-order chi connectivity index (χ0) is 13.7. The fourth-order valence-corrected chi connectivity index (χ4v) is 1.92. The molecule has 0 aliphatic heterocycles. The Hall–Kier alpha value is -2.00. The summed E-state index contributed by atoms with van der Waals surface area (Å²) in [6.07, 6.45) is 0.429. The molecule has 0 saturated carbocycles. The van der Waals surface area contributed by atoms with Crippen molar-refractivity contribution in [3.05, 3.63) is 65.2 Å². The topological polar surface area (TPSA) is 49.3 Å². The number of carboxylic acids is 1. The molecule has 0 radical (unpaired) electrons. The quantitative estimate of drug-likeness (QED) is 0.879. The largest absolute Gasteiger partial charge is 0.480 e. The van der Waals surface area contributed by atoms with Crippen LogP contribution in [0.4, 0.5) is 5.69 Å². The summed E-state index contributed by atoms with van der Waals surface area (Å²) in [5.41, 5.74) is 1.73. The Bertz CT molecular complexity index is 540. The van der Waals surface area contributed by atoms with Gasteiger partial charge in [0, 0.05) is 17.1 Å². The molecule has 0 amide bonds. The average Bonchev–Trinajstić information content (AvgIpc) is 2.41. The van der Waals surface area contributed by atoms with E-state index in [1.165, 1.54) is 0 Å². The van der Waals surface area contributed by atoms with Crippen LogP contribution >= 0.6 is 11.6 Å². The van der Waals surface area contributed by atoms with Crippen LogP contribution in [0.2, 0.25) is 5.02 Å². The minimum Gasteiger partial charge on any atom is -0.480 e. The molecule has 2 aromatic rings. The van der Waals surface area contributed by atoms with Crippen LogP contribution in [0.15, 0.2) is 54.6 Å². The third-order valence-electron chi connectivity index (χ3n) is 2.77. The fraction of sp³-hybridized carbons (Fsp3) is 0.133. The summed E-state index contributed by atoms with van der Waals surface area (Å²) in [6, 6.07) is 15.9. The molecule has 4 heteroatoms. The van der Waals surface area contributed by atoms with Gasteiger partial charge in [-0.3, -0.25) is 0 Å². The van der Waals surface area contributed by atoms with E-state index in [2.05, 4.69) is 5.32 Å². The second-order valence-corrected chi connectivity index (χ2v) is 4.67. The minimum atomic E-state index is -0.876. The third-order valence-corrected chi connectivity index (χ3v) is 3.02. The number of benzene rings is 2. The van der Waals surface area contributed by atoms with Gasteiger partial charge in [-0.1, -0.05) is 41.9 Å². The SMILES string of the molecule is O=C(O)C(Cc1ccccc1)Nc1ccc(Cl)cc1. The number of rotatable bonds is 5. The van der Waals surface area contributed by atoms with Gasteiger partial charge in [-0.25, -0.2) is 4.79 Å². The summed E-state index contributed by atoms with van der Waals surface area (Å²) in [6.45, 7) is 0. The van der Waals surface area contributed by atoms with Crippen molar-refractivity contribution in [1.82, 2.24) is 0 Å². The Labute approximate surface area is 116 Å². The molecule has 0 saturated heterocycles. The Kier molecular flexibility index (Phi) is 4.42. The van der Waals surface area contributed by atoms with Gasteiger partial charge in [0.1, 0.15) is 6.04 Å². The molecule has 0 aliphatic rings.